The number of benzene rings is 1. The predicted octanol–water partition coefficient (Wildman–Crippen LogP) is 1.48. The van der Waals surface area contributed by atoms with E-state index in [0.29, 0.717) is 11.7 Å². The Morgan fingerprint density at radius 3 is 2.53 bits per heavy atom. The second-order valence-corrected chi connectivity index (χ2v) is 5.74. The zero-order chi connectivity index (χ0) is 13.2. The molecule has 2 unspecified atom stereocenters. The SMILES string of the molecule is CNC(Cc1ccccc1)C1C(=O)C2CCN1CC2. The number of carbonyl (C=O) groups is 1. The summed E-state index contributed by atoms with van der Waals surface area (Å²) in [6, 6.07) is 10.8. The van der Waals surface area contributed by atoms with Crippen molar-refractivity contribution in [3.8, 4) is 0 Å². The first-order valence-corrected chi connectivity index (χ1v) is 7.28. The first-order chi connectivity index (χ1) is 9.29. The van der Waals surface area contributed by atoms with E-state index in [4.69, 9.17) is 0 Å². The average Bonchev–Trinajstić information content (AvgIpc) is 2.48. The number of ketones is 1. The molecule has 2 bridgehead atoms. The molecule has 1 aromatic carbocycles. The summed E-state index contributed by atoms with van der Waals surface area (Å²) < 4.78 is 0. The fourth-order valence-electron chi connectivity index (χ4n) is 3.58. The molecule has 0 radical (unpaired) electrons. The van der Waals surface area contributed by atoms with E-state index in [9.17, 15) is 4.79 Å². The maximum Gasteiger partial charge on any atom is 0.154 e. The Labute approximate surface area is 115 Å². The van der Waals surface area contributed by atoms with Gasteiger partial charge in [0.05, 0.1) is 6.04 Å². The molecule has 1 aromatic rings. The lowest BCUT2D eigenvalue weighted by atomic mass is 9.78. The Morgan fingerprint density at radius 1 is 1.26 bits per heavy atom. The normalized spacial score (nSPS) is 31.4. The van der Waals surface area contributed by atoms with Crippen molar-refractivity contribution in [3.63, 3.8) is 0 Å². The Hall–Kier alpha value is -1.19. The summed E-state index contributed by atoms with van der Waals surface area (Å²) in [6.07, 6.45) is 3.06. The molecule has 1 N–H and O–H groups in total. The van der Waals surface area contributed by atoms with Crippen LogP contribution in [-0.2, 0) is 11.2 Å². The van der Waals surface area contributed by atoms with Crippen LogP contribution >= 0.6 is 0 Å². The molecule has 19 heavy (non-hydrogen) atoms. The molecule has 3 fully saturated rings. The summed E-state index contributed by atoms with van der Waals surface area (Å²) in [5.41, 5.74) is 1.30. The first kappa shape index (κ1) is 12.8. The van der Waals surface area contributed by atoms with Crippen molar-refractivity contribution in [1.82, 2.24) is 10.2 Å². The zero-order valence-electron chi connectivity index (χ0n) is 11.5. The molecule has 0 aliphatic carbocycles. The lowest BCUT2D eigenvalue weighted by Crippen LogP contribution is -2.63. The molecule has 3 heteroatoms. The summed E-state index contributed by atoms with van der Waals surface area (Å²) in [5.74, 6) is 0.786. The van der Waals surface area contributed by atoms with E-state index >= 15 is 0 Å². The fraction of sp³-hybridized carbons (Fsp3) is 0.562. The van der Waals surface area contributed by atoms with Crippen molar-refractivity contribution in [2.75, 3.05) is 20.1 Å². The third-order valence-electron chi connectivity index (χ3n) is 4.67. The van der Waals surface area contributed by atoms with Gasteiger partial charge in [-0.25, -0.2) is 0 Å². The van der Waals surface area contributed by atoms with Crippen molar-refractivity contribution in [2.45, 2.75) is 31.3 Å². The van der Waals surface area contributed by atoms with Crippen LogP contribution in [0.4, 0.5) is 0 Å². The van der Waals surface area contributed by atoms with Crippen LogP contribution in [-0.4, -0.2) is 42.9 Å². The smallest absolute Gasteiger partial charge is 0.154 e. The highest BCUT2D eigenvalue weighted by Crippen LogP contribution is 2.31. The van der Waals surface area contributed by atoms with Gasteiger partial charge in [-0.1, -0.05) is 30.3 Å². The lowest BCUT2D eigenvalue weighted by Gasteiger charge is -2.47. The maximum atomic E-state index is 12.5. The van der Waals surface area contributed by atoms with Gasteiger partial charge in [0.2, 0.25) is 0 Å². The number of piperidine rings is 3. The van der Waals surface area contributed by atoms with Crippen LogP contribution in [0.3, 0.4) is 0 Å². The molecule has 102 valence electrons. The van der Waals surface area contributed by atoms with E-state index in [1.54, 1.807) is 0 Å². The van der Waals surface area contributed by atoms with Crippen LogP contribution in [0.2, 0.25) is 0 Å². The number of likely N-dealkylation sites (N-methyl/N-ethyl adjacent to an activating group) is 1. The van der Waals surface area contributed by atoms with Gasteiger partial charge in [-0.05, 0) is 45.0 Å². The summed E-state index contributed by atoms with van der Waals surface area (Å²) in [7, 11) is 1.98. The second kappa shape index (κ2) is 5.43. The highest BCUT2D eigenvalue weighted by atomic mass is 16.1. The number of fused-ring (bicyclic) bond motifs is 3. The van der Waals surface area contributed by atoms with Crippen LogP contribution < -0.4 is 5.32 Å². The first-order valence-electron chi connectivity index (χ1n) is 7.28. The Kier molecular flexibility index (Phi) is 3.67. The third kappa shape index (κ3) is 2.45. The quantitative estimate of drug-likeness (QED) is 0.888. The zero-order valence-corrected chi connectivity index (χ0v) is 11.5. The van der Waals surface area contributed by atoms with Crippen LogP contribution in [0.5, 0.6) is 0 Å². The number of carbonyl (C=O) groups excluding carboxylic acids is 1. The largest absolute Gasteiger partial charge is 0.315 e. The predicted molar refractivity (Wildman–Crippen MR) is 76.1 cm³/mol. The minimum absolute atomic E-state index is 0.0812. The number of nitrogens with zero attached hydrogens (tertiary/aromatic N) is 1. The van der Waals surface area contributed by atoms with E-state index in [0.717, 1.165) is 32.4 Å². The third-order valence-corrected chi connectivity index (χ3v) is 4.67. The van der Waals surface area contributed by atoms with E-state index in [-0.39, 0.29) is 12.1 Å². The van der Waals surface area contributed by atoms with Crippen molar-refractivity contribution < 1.29 is 4.79 Å². The lowest BCUT2D eigenvalue weighted by molar-refractivity contribution is -0.138. The molecule has 4 rings (SSSR count). The minimum Gasteiger partial charge on any atom is -0.315 e. The van der Waals surface area contributed by atoms with E-state index in [1.165, 1.54) is 5.56 Å². The highest BCUT2D eigenvalue weighted by molar-refractivity contribution is 5.88. The minimum atomic E-state index is 0.0812. The molecule has 0 aromatic heterocycles. The van der Waals surface area contributed by atoms with E-state index < -0.39 is 0 Å². The number of hydrogen-bond donors (Lipinski definition) is 1. The molecule has 0 spiro atoms. The summed E-state index contributed by atoms with van der Waals surface area (Å²) in [6.45, 7) is 2.18. The van der Waals surface area contributed by atoms with Crippen molar-refractivity contribution in [2.24, 2.45) is 5.92 Å². The topological polar surface area (TPSA) is 32.3 Å². The van der Waals surface area contributed by atoms with Crippen LogP contribution in [0.1, 0.15) is 18.4 Å². The monoisotopic (exact) mass is 258 g/mol. The molecule has 0 saturated carbocycles. The molecule has 0 amide bonds. The molecule has 2 atom stereocenters. The molecular weight excluding hydrogens is 236 g/mol. The number of rotatable bonds is 4. The Balaban J connectivity index is 1.77. The second-order valence-electron chi connectivity index (χ2n) is 5.74. The van der Waals surface area contributed by atoms with Crippen molar-refractivity contribution >= 4 is 5.78 Å². The Morgan fingerprint density at radius 2 is 1.95 bits per heavy atom. The van der Waals surface area contributed by atoms with Gasteiger partial charge in [0.15, 0.2) is 5.78 Å². The average molecular weight is 258 g/mol. The van der Waals surface area contributed by atoms with Crippen molar-refractivity contribution in [1.29, 1.82) is 0 Å². The van der Waals surface area contributed by atoms with Crippen LogP contribution in [0, 0.1) is 5.92 Å². The molecule has 3 aliphatic heterocycles. The Bertz CT molecular complexity index is 437. The van der Waals surface area contributed by atoms with Gasteiger partial charge >= 0.3 is 0 Å². The number of Topliss-reactive ketones (excluding diaryl/α,β-unsaturated/α-hetero) is 1. The molecule has 3 nitrogen and oxygen atoms in total. The van der Waals surface area contributed by atoms with Gasteiger partial charge in [0, 0.05) is 12.0 Å². The summed E-state index contributed by atoms with van der Waals surface area (Å²) in [4.78, 5) is 14.9. The van der Waals surface area contributed by atoms with E-state index in [1.807, 2.05) is 13.1 Å². The van der Waals surface area contributed by atoms with Gasteiger partial charge in [0.1, 0.15) is 0 Å². The van der Waals surface area contributed by atoms with E-state index in [2.05, 4.69) is 34.5 Å². The molecule has 3 heterocycles. The van der Waals surface area contributed by atoms with Crippen molar-refractivity contribution in [3.05, 3.63) is 35.9 Å². The molecule has 3 aliphatic rings. The van der Waals surface area contributed by atoms with Gasteiger partial charge in [-0.15, -0.1) is 0 Å². The van der Waals surface area contributed by atoms with Gasteiger partial charge in [-0.2, -0.15) is 0 Å². The highest BCUT2D eigenvalue weighted by Gasteiger charge is 2.44. The number of nitrogens with one attached hydrogen (secondary N) is 1. The van der Waals surface area contributed by atoms with Gasteiger partial charge in [-0.3, -0.25) is 9.69 Å². The summed E-state index contributed by atoms with van der Waals surface area (Å²) >= 11 is 0. The van der Waals surface area contributed by atoms with Crippen LogP contribution in [0.15, 0.2) is 30.3 Å². The maximum absolute atomic E-state index is 12.5. The molecular formula is C16H22N2O. The standard InChI is InChI=1S/C16H22N2O/c1-17-14(11-12-5-3-2-4-6-12)15-16(19)13-7-9-18(15)10-8-13/h2-6,13-15,17H,7-11H2,1H3. The summed E-state index contributed by atoms with van der Waals surface area (Å²) in [5, 5.41) is 3.37. The van der Waals surface area contributed by atoms with Gasteiger partial charge in [0.25, 0.3) is 0 Å². The van der Waals surface area contributed by atoms with Crippen LogP contribution in [0.25, 0.3) is 0 Å². The van der Waals surface area contributed by atoms with Gasteiger partial charge < -0.3 is 5.32 Å². The number of hydrogen-bond acceptors (Lipinski definition) is 3. The fourth-order valence-corrected chi connectivity index (χ4v) is 3.58. The molecule has 3 saturated heterocycles.